The van der Waals surface area contributed by atoms with Crippen molar-refractivity contribution in [2.75, 3.05) is 0 Å². The normalized spacial score (nSPS) is 11.1. The van der Waals surface area contributed by atoms with Crippen LogP contribution in [0.1, 0.15) is 0 Å². The average molecular weight is 1810 g/mol. The SMILES string of the molecule is c1ccc(-c2cccc(-c3ccc4nc(-c5cccc(-c6ccccc6)c5)cc(-c5ccc(-c6ccnc7ccccc67)cc5)c4c3)c2)cc1.c1ccc(-c2cccc(-c3ccc4nc(-c5cccc(-c6ccccc6)c5)cc(-c5ccc(-c6ccncc6)nc5)c4c3)c2)cc1.c1ccc(-c2cccc(-c3ccc4nc(-c5cccc(-c6ccccc6)c5)cc(-c5cccc(-c6ccncc6)c5)c4c3)c2)cc1. The molecule has 25 rings (SSSR count). The number of para-hydroxylation sites is 1. The zero-order chi connectivity index (χ0) is 94.7. The van der Waals surface area contributed by atoms with Gasteiger partial charge < -0.3 is 0 Å². The van der Waals surface area contributed by atoms with Gasteiger partial charge in [-0.2, -0.15) is 0 Å². The first-order chi connectivity index (χ1) is 70.3. The summed E-state index contributed by atoms with van der Waals surface area (Å²) in [6.07, 6.45) is 11.1. The quantitative estimate of drug-likeness (QED) is 0.0845. The summed E-state index contributed by atoms with van der Waals surface area (Å²) in [7, 11) is 0. The van der Waals surface area contributed by atoms with Crippen LogP contribution in [0.15, 0.2) is 553 Å². The van der Waals surface area contributed by atoms with Crippen molar-refractivity contribution in [1.29, 1.82) is 0 Å². The number of hydrogen-bond donors (Lipinski definition) is 0. The van der Waals surface area contributed by atoms with Gasteiger partial charge in [0.2, 0.25) is 0 Å². The molecule has 0 radical (unpaired) electrons. The van der Waals surface area contributed by atoms with Gasteiger partial charge in [0.1, 0.15) is 0 Å². The van der Waals surface area contributed by atoms with E-state index in [1.54, 1.807) is 12.4 Å². The standard InChI is InChI=1S/C48H32N2.C44H30N2.C43H29N3/c1-3-11-33(12-4-1)37-15-9-17-39(29-37)40-25-26-47-45(31-40)44(32-48(50-47)41-18-10-16-38(30-41)34-13-5-2-6-14-34)36-23-21-35(22-24-36)42-27-28-49-46-20-8-7-19-43(42)46;1-3-10-31(11-4-1)34-14-7-17-37(26-34)38-20-21-43-42(29-38)41(39-18-8-15-35(27-39)33-22-24-45-25-23-33)30-44(46-43)40-19-9-16-36(28-40)32-12-5-2-6-13-32;1-3-9-30(10-4-1)33-13-7-15-35(25-33)36-17-20-42-40(27-36)39(38-18-19-41(45-29-38)32-21-23-44-24-22-32)28-43(46-42)37-16-8-14-34(26-37)31-11-5-2-6-12-31/h1-32H;1-30H;1-29H. The molecule has 7 nitrogen and oxygen atoms in total. The maximum absolute atomic E-state index is 5.26. The molecular formula is C135H91N7. The van der Waals surface area contributed by atoms with E-state index in [9.17, 15) is 0 Å². The molecule has 0 atom stereocenters. The number of rotatable bonds is 18. The molecule has 0 aliphatic rings. The Hall–Kier alpha value is -19.0. The third kappa shape index (κ3) is 19.0. The molecule has 0 aliphatic carbocycles. The van der Waals surface area contributed by atoms with E-state index in [1.165, 1.54) is 94.6 Å². The topological polar surface area (TPSA) is 90.2 Å². The molecule has 7 heteroatoms. The van der Waals surface area contributed by atoms with Crippen LogP contribution < -0.4 is 0 Å². The number of aromatic nitrogens is 7. The van der Waals surface area contributed by atoms with E-state index in [4.69, 9.17) is 19.9 Å². The number of hydrogen-bond acceptors (Lipinski definition) is 7. The lowest BCUT2D eigenvalue weighted by Gasteiger charge is -2.14. The van der Waals surface area contributed by atoms with Crippen LogP contribution in [0, 0.1) is 0 Å². The van der Waals surface area contributed by atoms with Gasteiger partial charge in [0.15, 0.2) is 0 Å². The monoisotopic (exact) mass is 1810 g/mol. The van der Waals surface area contributed by atoms with Gasteiger partial charge in [-0.15, -0.1) is 0 Å². The summed E-state index contributed by atoms with van der Waals surface area (Å²) in [5.41, 5.74) is 44.6. The maximum Gasteiger partial charge on any atom is 0.0716 e. The molecule has 0 bridgehead atoms. The summed E-state index contributed by atoms with van der Waals surface area (Å²) in [5, 5.41) is 4.49. The highest BCUT2D eigenvalue weighted by molar-refractivity contribution is 6.04. The van der Waals surface area contributed by atoms with E-state index in [-0.39, 0.29) is 0 Å². The van der Waals surface area contributed by atoms with E-state index in [0.29, 0.717) is 0 Å². The van der Waals surface area contributed by atoms with Gasteiger partial charge in [-0.1, -0.05) is 376 Å². The lowest BCUT2D eigenvalue weighted by atomic mass is 9.92. The van der Waals surface area contributed by atoms with Crippen LogP contribution >= 0.6 is 0 Å². The van der Waals surface area contributed by atoms with Crippen molar-refractivity contribution in [1.82, 2.24) is 34.9 Å². The average Bonchev–Trinajstić information content (AvgIpc) is 0.768. The number of fused-ring (bicyclic) bond motifs is 4. The largest absolute Gasteiger partial charge is 0.265 e. The van der Waals surface area contributed by atoms with E-state index in [0.717, 1.165) is 150 Å². The molecule has 0 aliphatic heterocycles. The molecule has 0 amide bonds. The van der Waals surface area contributed by atoms with E-state index < -0.39 is 0 Å². The van der Waals surface area contributed by atoms with Crippen molar-refractivity contribution in [3.63, 3.8) is 0 Å². The minimum atomic E-state index is 0.915. The zero-order valence-corrected chi connectivity index (χ0v) is 77.7. The van der Waals surface area contributed by atoms with Crippen LogP contribution in [-0.2, 0) is 0 Å². The van der Waals surface area contributed by atoms with Crippen molar-refractivity contribution < 1.29 is 0 Å². The highest BCUT2D eigenvalue weighted by Crippen LogP contribution is 2.44. The molecule has 142 heavy (non-hydrogen) atoms. The van der Waals surface area contributed by atoms with Gasteiger partial charge in [0, 0.05) is 86.5 Å². The lowest BCUT2D eigenvalue weighted by molar-refractivity contribution is 1.29. The van der Waals surface area contributed by atoms with Gasteiger partial charge in [0.05, 0.1) is 44.8 Å². The Morgan fingerprint density at radius 3 is 0.718 bits per heavy atom. The highest BCUT2D eigenvalue weighted by atomic mass is 14.7. The Morgan fingerprint density at radius 1 is 0.113 bits per heavy atom. The molecule has 7 aromatic heterocycles. The molecule has 18 aromatic carbocycles. The smallest absolute Gasteiger partial charge is 0.0716 e. The van der Waals surface area contributed by atoms with Crippen molar-refractivity contribution in [3.8, 4) is 201 Å². The molecule has 0 unspecified atom stereocenters. The summed E-state index contributed by atoms with van der Waals surface area (Å²) in [6, 6.07) is 183. The molecule has 7 heterocycles. The van der Waals surface area contributed by atoms with Crippen molar-refractivity contribution in [3.05, 3.63) is 553 Å². The van der Waals surface area contributed by atoms with Gasteiger partial charge in [-0.25, -0.2) is 15.0 Å². The fourth-order valence-corrected chi connectivity index (χ4v) is 19.2. The first-order valence-electron chi connectivity index (χ1n) is 48.0. The first-order valence-corrected chi connectivity index (χ1v) is 48.0. The highest BCUT2D eigenvalue weighted by Gasteiger charge is 2.20. The van der Waals surface area contributed by atoms with E-state index in [1.807, 2.05) is 49.1 Å². The molecule has 25 aromatic rings. The molecule has 0 fully saturated rings. The van der Waals surface area contributed by atoms with Gasteiger partial charge in [-0.05, 0) is 290 Å². The summed E-state index contributed by atoms with van der Waals surface area (Å²) >= 11 is 0. The van der Waals surface area contributed by atoms with Crippen molar-refractivity contribution >= 4 is 43.6 Å². The van der Waals surface area contributed by atoms with E-state index in [2.05, 4.69) is 506 Å². The third-order valence-electron chi connectivity index (χ3n) is 26.5. The molecular weight excluding hydrogens is 1720 g/mol. The summed E-state index contributed by atoms with van der Waals surface area (Å²) in [6.45, 7) is 0. The summed E-state index contributed by atoms with van der Waals surface area (Å²) in [4.78, 5) is 33.5. The van der Waals surface area contributed by atoms with Crippen molar-refractivity contribution in [2.24, 2.45) is 0 Å². The second-order valence-corrected chi connectivity index (χ2v) is 35.5. The second kappa shape index (κ2) is 40.2. The summed E-state index contributed by atoms with van der Waals surface area (Å²) < 4.78 is 0. The Labute approximate surface area is 826 Å². The Kier molecular flexibility index (Phi) is 24.6. The van der Waals surface area contributed by atoms with Crippen LogP contribution in [0.2, 0.25) is 0 Å². The van der Waals surface area contributed by atoms with Gasteiger partial charge in [-0.3, -0.25) is 19.9 Å². The van der Waals surface area contributed by atoms with Crippen LogP contribution in [0.5, 0.6) is 0 Å². The van der Waals surface area contributed by atoms with Crippen molar-refractivity contribution in [2.45, 2.75) is 0 Å². The third-order valence-corrected chi connectivity index (χ3v) is 26.5. The van der Waals surface area contributed by atoms with Crippen LogP contribution in [-0.4, -0.2) is 34.9 Å². The van der Waals surface area contributed by atoms with Gasteiger partial charge in [0.25, 0.3) is 0 Å². The molecule has 0 saturated carbocycles. The second-order valence-electron chi connectivity index (χ2n) is 35.5. The number of benzene rings is 18. The maximum atomic E-state index is 5.26. The molecule has 0 N–H and O–H groups in total. The van der Waals surface area contributed by atoms with Gasteiger partial charge >= 0.3 is 0 Å². The minimum absolute atomic E-state index is 0.915. The number of pyridine rings is 7. The Balaban J connectivity index is 0.000000119. The minimum Gasteiger partial charge on any atom is -0.265 e. The zero-order valence-electron chi connectivity index (χ0n) is 77.7. The lowest BCUT2D eigenvalue weighted by Crippen LogP contribution is -1.93. The Bertz CT molecular complexity index is 8830. The number of nitrogens with zero attached hydrogens (tertiary/aromatic N) is 7. The van der Waals surface area contributed by atoms with E-state index >= 15 is 0 Å². The molecule has 666 valence electrons. The molecule has 0 saturated heterocycles. The fraction of sp³-hybridized carbons (Fsp3) is 0. The first kappa shape index (κ1) is 87.1. The predicted octanol–water partition coefficient (Wildman–Crippen LogP) is 35.4. The molecule has 0 spiro atoms. The summed E-state index contributed by atoms with van der Waals surface area (Å²) in [5.74, 6) is 0. The predicted molar refractivity (Wildman–Crippen MR) is 592 cm³/mol. The Morgan fingerprint density at radius 2 is 0.366 bits per heavy atom. The van der Waals surface area contributed by atoms with Crippen LogP contribution in [0.3, 0.4) is 0 Å². The fourth-order valence-electron chi connectivity index (χ4n) is 19.2. The van der Waals surface area contributed by atoms with Crippen LogP contribution in [0.4, 0.5) is 0 Å². The van der Waals surface area contributed by atoms with Crippen LogP contribution in [0.25, 0.3) is 244 Å².